The number of fused-ring (bicyclic) bond motifs is 1. The summed E-state index contributed by atoms with van der Waals surface area (Å²) >= 11 is 0. The molecule has 0 bridgehead atoms. The Kier molecular flexibility index (Phi) is 3.78. The van der Waals surface area contributed by atoms with Crippen molar-refractivity contribution in [3.8, 4) is 0 Å². The molecule has 3 N–H and O–H groups in total. The summed E-state index contributed by atoms with van der Waals surface area (Å²) < 4.78 is 5.62. The second kappa shape index (κ2) is 5.71. The van der Waals surface area contributed by atoms with Gasteiger partial charge < -0.3 is 20.7 Å². The average molecular weight is 275 g/mol. The van der Waals surface area contributed by atoms with Crippen LogP contribution >= 0.6 is 0 Å². The average Bonchev–Trinajstić information content (AvgIpc) is 3.01. The molecule has 1 fully saturated rings. The Morgan fingerprint density at radius 2 is 2.25 bits per heavy atom. The molecule has 2 aliphatic rings. The molecule has 1 aromatic rings. The highest BCUT2D eigenvalue weighted by Gasteiger charge is 2.25. The van der Waals surface area contributed by atoms with E-state index in [2.05, 4.69) is 16.0 Å². The predicted octanol–water partition coefficient (Wildman–Crippen LogP) is 1.82. The molecule has 3 rings (SSSR count). The van der Waals surface area contributed by atoms with E-state index in [0.717, 1.165) is 43.9 Å². The minimum atomic E-state index is -0.0407. The molecule has 5 heteroatoms. The number of amides is 1. The van der Waals surface area contributed by atoms with Gasteiger partial charge >= 0.3 is 0 Å². The lowest BCUT2D eigenvalue weighted by Gasteiger charge is -2.24. The summed E-state index contributed by atoms with van der Waals surface area (Å²) in [5.74, 6) is -0.0407. The Labute approximate surface area is 119 Å². The first-order chi connectivity index (χ1) is 9.75. The van der Waals surface area contributed by atoms with Crippen molar-refractivity contribution in [3.05, 3.63) is 23.8 Å². The van der Waals surface area contributed by atoms with E-state index in [9.17, 15) is 4.79 Å². The molecule has 5 nitrogen and oxygen atoms in total. The molecule has 0 aliphatic carbocycles. The maximum Gasteiger partial charge on any atom is 0.253 e. The zero-order valence-electron chi connectivity index (χ0n) is 11.7. The molecule has 2 unspecified atom stereocenters. The van der Waals surface area contributed by atoms with Crippen LogP contribution in [0, 0.1) is 0 Å². The van der Waals surface area contributed by atoms with Crippen molar-refractivity contribution in [1.82, 2.24) is 5.32 Å². The summed E-state index contributed by atoms with van der Waals surface area (Å²) in [7, 11) is 0. The van der Waals surface area contributed by atoms with E-state index in [1.54, 1.807) is 0 Å². The van der Waals surface area contributed by atoms with Crippen LogP contribution in [0.3, 0.4) is 0 Å². The molecule has 1 aromatic carbocycles. The van der Waals surface area contributed by atoms with E-state index in [1.807, 2.05) is 25.1 Å². The number of nitrogens with one attached hydrogen (secondary N) is 3. The van der Waals surface area contributed by atoms with Gasteiger partial charge in [-0.05, 0) is 31.9 Å². The van der Waals surface area contributed by atoms with Crippen molar-refractivity contribution in [2.45, 2.75) is 31.9 Å². The third-order valence-corrected chi connectivity index (χ3v) is 3.93. The highest BCUT2D eigenvalue weighted by molar-refractivity contribution is 6.02. The number of rotatable bonds is 3. The monoisotopic (exact) mass is 275 g/mol. The van der Waals surface area contributed by atoms with E-state index in [-0.39, 0.29) is 18.1 Å². The summed E-state index contributed by atoms with van der Waals surface area (Å²) in [5.41, 5.74) is 2.59. The Morgan fingerprint density at radius 1 is 1.40 bits per heavy atom. The minimum Gasteiger partial charge on any atom is -0.382 e. The third kappa shape index (κ3) is 2.58. The molecular weight excluding hydrogens is 254 g/mol. The fourth-order valence-electron chi connectivity index (χ4n) is 2.84. The number of carbonyl (C=O) groups excluding carboxylic acids is 1. The van der Waals surface area contributed by atoms with Crippen molar-refractivity contribution in [2.75, 3.05) is 30.3 Å². The van der Waals surface area contributed by atoms with Crippen LogP contribution in [0.5, 0.6) is 0 Å². The third-order valence-electron chi connectivity index (χ3n) is 3.93. The lowest BCUT2D eigenvalue weighted by Crippen LogP contribution is -2.41. The summed E-state index contributed by atoms with van der Waals surface area (Å²) in [6.07, 6.45) is 2.25. The number of carbonyl (C=O) groups is 1. The van der Waals surface area contributed by atoms with Crippen LogP contribution in [0.25, 0.3) is 0 Å². The number of anilines is 2. The number of hydrogen-bond acceptors (Lipinski definition) is 4. The van der Waals surface area contributed by atoms with Crippen LogP contribution in [0.15, 0.2) is 18.2 Å². The SMILES string of the molecule is CC(NC(=O)c1cccc2c1NCCN2)C1CCCO1. The van der Waals surface area contributed by atoms with Gasteiger partial charge in [0.1, 0.15) is 0 Å². The van der Waals surface area contributed by atoms with Gasteiger partial charge in [-0.2, -0.15) is 0 Å². The largest absolute Gasteiger partial charge is 0.382 e. The number of hydrogen-bond donors (Lipinski definition) is 3. The van der Waals surface area contributed by atoms with Crippen LogP contribution in [0.4, 0.5) is 11.4 Å². The van der Waals surface area contributed by atoms with E-state index >= 15 is 0 Å². The summed E-state index contributed by atoms with van der Waals surface area (Å²) in [6.45, 7) is 4.52. The van der Waals surface area contributed by atoms with Gasteiger partial charge in [0, 0.05) is 19.7 Å². The molecule has 108 valence electrons. The van der Waals surface area contributed by atoms with Gasteiger partial charge in [-0.15, -0.1) is 0 Å². The van der Waals surface area contributed by atoms with Crippen LogP contribution in [-0.2, 0) is 4.74 Å². The standard InChI is InChI=1S/C15H21N3O2/c1-10(13-6-3-9-20-13)18-15(19)11-4-2-5-12-14(11)17-8-7-16-12/h2,4-5,10,13,16-17H,3,6-9H2,1H3,(H,18,19). The Balaban J connectivity index is 1.73. The predicted molar refractivity (Wildman–Crippen MR) is 79.3 cm³/mol. The van der Waals surface area contributed by atoms with E-state index in [4.69, 9.17) is 4.74 Å². The maximum atomic E-state index is 12.4. The smallest absolute Gasteiger partial charge is 0.253 e. The highest BCUT2D eigenvalue weighted by Crippen LogP contribution is 2.28. The van der Waals surface area contributed by atoms with Gasteiger partial charge in [0.2, 0.25) is 0 Å². The number of ether oxygens (including phenoxy) is 1. The Hall–Kier alpha value is -1.75. The molecule has 20 heavy (non-hydrogen) atoms. The molecule has 2 heterocycles. The van der Waals surface area contributed by atoms with Crippen LogP contribution in [0.1, 0.15) is 30.1 Å². The van der Waals surface area contributed by atoms with Crippen molar-refractivity contribution in [3.63, 3.8) is 0 Å². The van der Waals surface area contributed by atoms with Crippen molar-refractivity contribution in [2.24, 2.45) is 0 Å². The van der Waals surface area contributed by atoms with Crippen molar-refractivity contribution < 1.29 is 9.53 Å². The van der Waals surface area contributed by atoms with Crippen molar-refractivity contribution >= 4 is 17.3 Å². The molecule has 0 aromatic heterocycles. The lowest BCUT2D eigenvalue weighted by atomic mass is 10.1. The fraction of sp³-hybridized carbons (Fsp3) is 0.533. The van der Waals surface area contributed by atoms with Gasteiger partial charge in [-0.1, -0.05) is 6.07 Å². The first kappa shape index (κ1) is 13.2. The van der Waals surface area contributed by atoms with Gasteiger partial charge in [0.05, 0.1) is 29.1 Å². The molecule has 0 spiro atoms. The van der Waals surface area contributed by atoms with Gasteiger partial charge in [0.25, 0.3) is 5.91 Å². The zero-order chi connectivity index (χ0) is 13.9. The topological polar surface area (TPSA) is 62.4 Å². The maximum absolute atomic E-state index is 12.4. The second-order valence-corrected chi connectivity index (χ2v) is 5.40. The van der Waals surface area contributed by atoms with Crippen LogP contribution in [0.2, 0.25) is 0 Å². The van der Waals surface area contributed by atoms with Gasteiger partial charge in [-0.3, -0.25) is 4.79 Å². The molecule has 1 amide bonds. The van der Waals surface area contributed by atoms with Crippen LogP contribution < -0.4 is 16.0 Å². The molecule has 1 saturated heterocycles. The molecule has 0 saturated carbocycles. The summed E-state index contributed by atoms with van der Waals surface area (Å²) in [6, 6.07) is 5.79. The normalized spacial score (nSPS) is 22.4. The fourth-order valence-corrected chi connectivity index (χ4v) is 2.84. The highest BCUT2D eigenvalue weighted by atomic mass is 16.5. The molecular formula is C15H21N3O2. The first-order valence-corrected chi connectivity index (χ1v) is 7.29. The minimum absolute atomic E-state index is 0.0393. The Morgan fingerprint density at radius 3 is 3.05 bits per heavy atom. The van der Waals surface area contributed by atoms with E-state index in [1.165, 1.54) is 0 Å². The van der Waals surface area contributed by atoms with Gasteiger partial charge in [0.15, 0.2) is 0 Å². The second-order valence-electron chi connectivity index (χ2n) is 5.40. The lowest BCUT2D eigenvalue weighted by molar-refractivity contribution is 0.0713. The molecule has 2 aliphatic heterocycles. The van der Waals surface area contributed by atoms with Gasteiger partial charge in [-0.25, -0.2) is 0 Å². The molecule has 2 atom stereocenters. The Bertz CT molecular complexity index is 498. The van der Waals surface area contributed by atoms with Crippen LogP contribution in [-0.4, -0.2) is 37.7 Å². The zero-order valence-corrected chi connectivity index (χ0v) is 11.7. The summed E-state index contributed by atoms with van der Waals surface area (Å²) in [5, 5.41) is 9.66. The quantitative estimate of drug-likeness (QED) is 0.787. The van der Waals surface area contributed by atoms with Crippen molar-refractivity contribution in [1.29, 1.82) is 0 Å². The molecule has 0 radical (unpaired) electrons. The first-order valence-electron chi connectivity index (χ1n) is 7.29. The van der Waals surface area contributed by atoms with E-state index in [0.29, 0.717) is 5.56 Å². The number of benzene rings is 1. The van der Waals surface area contributed by atoms with E-state index < -0.39 is 0 Å². The summed E-state index contributed by atoms with van der Waals surface area (Å²) in [4.78, 5) is 12.4. The number of para-hydroxylation sites is 1.